The predicted octanol–water partition coefficient (Wildman–Crippen LogP) is 4.91. The number of halogens is 2. The third-order valence-electron chi connectivity index (χ3n) is 5.02. The molecule has 4 rings (SSSR count). The van der Waals surface area contributed by atoms with E-state index in [2.05, 4.69) is 27.9 Å². The first-order chi connectivity index (χ1) is 14.9. The zero-order valence-electron chi connectivity index (χ0n) is 16.0. The Kier molecular flexibility index (Phi) is 5.97. The molecule has 1 aliphatic heterocycles. The number of amides is 2. The maximum atomic E-state index is 13.8. The van der Waals surface area contributed by atoms with E-state index in [1.165, 1.54) is 0 Å². The Morgan fingerprint density at radius 1 is 1.03 bits per heavy atom. The molecule has 0 aliphatic carbocycles. The van der Waals surface area contributed by atoms with Gasteiger partial charge in [0.05, 0.1) is 11.3 Å². The molecule has 6 nitrogen and oxygen atoms in total. The molecule has 0 spiro atoms. The van der Waals surface area contributed by atoms with Crippen molar-refractivity contribution >= 4 is 57.7 Å². The minimum absolute atomic E-state index is 0.229. The van der Waals surface area contributed by atoms with E-state index in [1.54, 1.807) is 72.8 Å². The van der Waals surface area contributed by atoms with Crippen molar-refractivity contribution in [2.24, 2.45) is 0 Å². The standard InChI is InChI=1S/C23H16ClIN2O4/c24-15-8-4-7-14(11-15)19-21(28)26-18-10-9-16(25)12-17(18)22(29)27(19)20(23(30)31)13-5-2-1-3-6-13/h1-12,19-20H,(H,26,28)(H,30,31). The van der Waals surface area contributed by atoms with Gasteiger partial charge in [0.1, 0.15) is 6.04 Å². The lowest BCUT2D eigenvalue weighted by Crippen LogP contribution is -2.44. The van der Waals surface area contributed by atoms with Crippen LogP contribution in [0.2, 0.25) is 5.02 Å². The van der Waals surface area contributed by atoms with Gasteiger partial charge >= 0.3 is 5.97 Å². The van der Waals surface area contributed by atoms with Crippen molar-refractivity contribution in [3.05, 3.63) is 98.1 Å². The monoisotopic (exact) mass is 546 g/mol. The largest absolute Gasteiger partial charge is 0.479 e. The predicted molar refractivity (Wildman–Crippen MR) is 125 cm³/mol. The van der Waals surface area contributed by atoms with Crippen LogP contribution in [0.3, 0.4) is 0 Å². The maximum Gasteiger partial charge on any atom is 0.331 e. The molecule has 2 amide bonds. The Morgan fingerprint density at radius 2 is 1.77 bits per heavy atom. The molecule has 0 radical (unpaired) electrons. The number of nitrogens with one attached hydrogen (secondary N) is 1. The summed E-state index contributed by atoms with van der Waals surface area (Å²) in [6.45, 7) is 0. The first-order valence-corrected chi connectivity index (χ1v) is 10.8. The van der Waals surface area contributed by atoms with Crippen molar-refractivity contribution in [2.45, 2.75) is 12.1 Å². The first kappa shape index (κ1) is 21.3. The van der Waals surface area contributed by atoms with E-state index in [9.17, 15) is 19.5 Å². The third kappa shape index (κ3) is 4.15. The number of anilines is 1. The molecule has 0 aromatic heterocycles. The molecule has 8 heteroatoms. The number of carboxylic acids is 1. The lowest BCUT2D eigenvalue weighted by molar-refractivity contribution is -0.144. The Balaban J connectivity index is 1.97. The Hall–Kier alpha value is -2.91. The molecule has 3 aromatic rings. The number of carboxylic acid groups (broad SMARTS) is 1. The fourth-order valence-electron chi connectivity index (χ4n) is 3.70. The Bertz CT molecular complexity index is 1190. The van der Waals surface area contributed by atoms with Crippen molar-refractivity contribution in [1.82, 2.24) is 4.90 Å². The molecule has 1 heterocycles. The molecule has 156 valence electrons. The van der Waals surface area contributed by atoms with Gasteiger partial charge in [0.15, 0.2) is 6.04 Å². The van der Waals surface area contributed by atoms with Crippen LogP contribution in [0.15, 0.2) is 72.8 Å². The lowest BCUT2D eigenvalue weighted by atomic mass is 9.98. The SMILES string of the molecule is O=C(O)C(c1ccccc1)N1C(=O)c2cc(I)ccc2NC(=O)C1c1cccc(Cl)c1. The molecule has 0 fully saturated rings. The van der Waals surface area contributed by atoms with E-state index in [4.69, 9.17) is 11.6 Å². The molecule has 3 aromatic carbocycles. The fourth-order valence-corrected chi connectivity index (χ4v) is 4.39. The molecule has 1 aliphatic rings. The maximum absolute atomic E-state index is 13.8. The van der Waals surface area contributed by atoms with Crippen molar-refractivity contribution in [3.63, 3.8) is 0 Å². The normalized spacial score (nSPS) is 16.8. The number of nitrogens with zero attached hydrogens (tertiary/aromatic N) is 1. The number of aliphatic carboxylic acids is 1. The van der Waals surface area contributed by atoms with Crippen molar-refractivity contribution < 1.29 is 19.5 Å². The van der Waals surface area contributed by atoms with Gasteiger partial charge in [0, 0.05) is 8.59 Å². The minimum Gasteiger partial charge on any atom is -0.479 e. The van der Waals surface area contributed by atoms with Crippen LogP contribution >= 0.6 is 34.2 Å². The fraction of sp³-hybridized carbons (Fsp3) is 0.0870. The number of carbonyl (C=O) groups excluding carboxylic acids is 2. The number of fused-ring (bicyclic) bond motifs is 1. The summed E-state index contributed by atoms with van der Waals surface area (Å²) in [5.41, 5.74) is 1.37. The summed E-state index contributed by atoms with van der Waals surface area (Å²) in [7, 11) is 0. The van der Waals surface area contributed by atoms with Gasteiger partial charge in [-0.2, -0.15) is 0 Å². The van der Waals surface area contributed by atoms with Crippen molar-refractivity contribution in [2.75, 3.05) is 5.32 Å². The highest BCUT2D eigenvalue weighted by molar-refractivity contribution is 14.1. The van der Waals surface area contributed by atoms with Gasteiger partial charge in [-0.05, 0) is 64.0 Å². The molecule has 31 heavy (non-hydrogen) atoms. The van der Waals surface area contributed by atoms with E-state index in [0.717, 1.165) is 8.47 Å². The average molecular weight is 547 g/mol. The van der Waals surface area contributed by atoms with Crippen LogP contribution in [0.5, 0.6) is 0 Å². The summed E-state index contributed by atoms with van der Waals surface area (Å²) >= 11 is 8.22. The van der Waals surface area contributed by atoms with E-state index in [0.29, 0.717) is 21.8 Å². The van der Waals surface area contributed by atoms with Crippen molar-refractivity contribution in [3.8, 4) is 0 Å². The Labute approximate surface area is 197 Å². The number of carbonyl (C=O) groups is 3. The van der Waals surface area contributed by atoms with Crippen LogP contribution < -0.4 is 5.32 Å². The number of hydrogen-bond acceptors (Lipinski definition) is 3. The highest BCUT2D eigenvalue weighted by Gasteiger charge is 2.43. The van der Waals surface area contributed by atoms with E-state index in [-0.39, 0.29) is 5.56 Å². The topological polar surface area (TPSA) is 86.7 Å². The second-order valence-electron chi connectivity index (χ2n) is 7.00. The summed E-state index contributed by atoms with van der Waals surface area (Å²) in [5.74, 6) is -2.32. The van der Waals surface area contributed by atoms with E-state index in [1.807, 2.05) is 0 Å². The molecule has 2 N–H and O–H groups in total. The van der Waals surface area contributed by atoms with Crippen LogP contribution in [-0.2, 0) is 9.59 Å². The van der Waals surface area contributed by atoms with Gasteiger partial charge < -0.3 is 15.3 Å². The third-order valence-corrected chi connectivity index (χ3v) is 5.93. The van der Waals surface area contributed by atoms with Crippen LogP contribution in [0, 0.1) is 3.57 Å². The molecule has 2 unspecified atom stereocenters. The highest BCUT2D eigenvalue weighted by atomic mass is 127. The number of rotatable bonds is 4. The van der Waals surface area contributed by atoms with Crippen LogP contribution in [0.25, 0.3) is 0 Å². The summed E-state index contributed by atoms with van der Waals surface area (Å²) < 4.78 is 0.784. The molecule has 2 atom stereocenters. The molecule has 0 saturated carbocycles. The minimum atomic E-state index is -1.38. The quantitative estimate of drug-likeness (QED) is 0.456. The highest BCUT2D eigenvalue weighted by Crippen LogP contribution is 2.38. The van der Waals surface area contributed by atoms with Gasteiger partial charge in [-0.3, -0.25) is 9.59 Å². The molecular weight excluding hydrogens is 531 g/mol. The Morgan fingerprint density at radius 3 is 2.45 bits per heavy atom. The lowest BCUT2D eigenvalue weighted by Gasteiger charge is -2.34. The van der Waals surface area contributed by atoms with Gasteiger partial charge in [0.2, 0.25) is 0 Å². The average Bonchev–Trinajstić information content (AvgIpc) is 2.84. The zero-order valence-corrected chi connectivity index (χ0v) is 18.9. The van der Waals surface area contributed by atoms with Gasteiger partial charge in [-0.25, -0.2) is 4.79 Å². The molecular formula is C23H16ClIN2O4. The smallest absolute Gasteiger partial charge is 0.331 e. The van der Waals surface area contributed by atoms with Gasteiger partial charge in [-0.1, -0.05) is 54.1 Å². The van der Waals surface area contributed by atoms with E-state index < -0.39 is 29.9 Å². The summed E-state index contributed by atoms with van der Waals surface area (Å²) in [6, 6.07) is 17.4. The number of hydrogen-bond donors (Lipinski definition) is 2. The second kappa shape index (κ2) is 8.68. The summed E-state index contributed by atoms with van der Waals surface area (Å²) in [4.78, 5) is 40.7. The van der Waals surface area contributed by atoms with Crippen LogP contribution in [0.1, 0.15) is 33.6 Å². The summed E-state index contributed by atoms with van der Waals surface area (Å²) in [6.07, 6.45) is 0. The summed E-state index contributed by atoms with van der Waals surface area (Å²) in [5, 5.41) is 13.3. The van der Waals surface area contributed by atoms with E-state index >= 15 is 0 Å². The van der Waals surface area contributed by atoms with Crippen LogP contribution in [0.4, 0.5) is 5.69 Å². The molecule has 0 bridgehead atoms. The molecule has 0 saturated heterocycles. The van der Waals surface area contributed by atoms with Gasteiger partial charge in [-0.15, -0.1) is 0 Å². The van der Waals surface area contributed by atoms with Crippen molar-refractivity contribution in [1.29, 1.82) is 0 Å². The number of benzene rings is 3. The second-order valence-corrected chi connectivity index (χ2v) is 8.68. The first-order valence-electron chi connectivity index (χ1n) is 9.33. The van der Waals surface area contributed by atoms with Crippen LogP contribution in [-0.4, -0.2) is 27.8 Å². The van der Waals surface area contributed by atoms with Gasteiger partial charge in [0.25, 0.3) is 11.8 Å². The zero-order chi connectivity index (χ0) is 22.1.